The number of rotatable bonds is 5. The van der Waals surface area contributed by atoms with Crippen LogP contribution in [0.25, 0.3) is 0 Å². The van der Waals surface area contributed by atoms with Gasteiger partial charge < -0.3 is 4.74 Å². The summed E-state index contributed by atoms with van der Waals surface area (Å²) >= 11 is 5.71. The largest absolute Gasteiger partial charge is 0.469 e. The number of methoxy groups -OCH3 is 1. The first-order valence-corrected chi connectivity index (χ1v) is 5.87. The van der Waals surface area contributed by atoms with Gasteiger partial charge in [0.1, 0.15) is 5.82 Å². The van der Waals surface area contributed by atoms with Gasteiger partial charge in [0.05, 0.1) is 12.1 Å². The monoisotopic (exact) mass is 270 g/mol. The molecule has 0 unspecified atom stereocenters. The van der Waals surface area contributed by atoms with Crippen molar-refractivity contribution in [2.75, 3.05) is 19.1 Å². The quantitative estimate of drug-likeness (QED) is 0.768. The Morgan fingerprint density at radius 1 is 1.39 bits per heavy atom. The van der Waals surface area contributed by atoms with Crippen LogP contribution in [-0.4, -0.2) is 31.0 Å². The zero-order valence-corrected chi connectivity index (χ0v) is 11.1. The fraction of sp³-hybridized carbons (Fsp3) is 0.417. The molecule has 18 heavy (non-hydrogen) atoms. The van der Waals surface area contributed by atoms with Crippen molar-refractivity contribution in [1.82, 2.24) is 4.98 Å². The van der Waals surface area contributed by atoms with E-state index in [9.17, 15) is 9.59 Å². The molecule has 0 aliphatic heterocycles. The van der Waals surface area contributed by atoms with Crippen LogP contribution in [0, 0.1) is 0 Å². The molecule has 1 heterocycles. The van der Waals surface area contributed by atoms with Crippen molar-refractivity contribution < 1.29 is 14.3 Å². The minimum absolute atomic E-state index is 0.103. The maximum Gasteiger partial charge on any atom is 0.305 e. The van der Waals surface area contributed by atoms with Crippen LogP contribution in [-0.2, 0) is 14.3 Å². The molecule has 0 saturated carbocycles. The summed E-state index contributed by atoms with van der Waals surface area (Å²) in [7, 11) is 2.96. The maximum absolute atomic E-state index is 11.8. The fourth-order valence-electron chi connectivity index (χ4n) is 1.35. The zero-order chi connectivity index (χ0) is 13.5. The Balaban J connectivity index is 2.46. The third-order valence-electron chi connectivity index (χ3n) is 2.43. The van der Waals surface area contributed by atoms with Crippen molar-refractivity contribution in [2.45, 2.75) is 19.3 Å². The highest BCUT2D eigenvalue weighted by molar-refractivity contribution is 6.30. The van der Waals surface area contributed by atoms with E-state index in [4.69, 9.17) is 11.6 Å². The van der Waals surface area contributed by atoms with Crippen molar-refractivity contribution in [3.8, 4) is 0 Å². The summed E-state index contributed by atoms with van der Waals surface area (Å²) in [5, 5.41) is 0.519. The average Bonchev–Trinajstić information content (AvgIpc) is 2.38. The summed E-state index contributed by atoms with van der Waals surface area (Å²) in [6.07, 6.45) is 2.46. The average molecular weight is 271 g/mol. The molecular formula is C12H15ClN2O3. The van der Waals surface area contributed by atoms with Gasteiger partial charge in [-0.05, 0) is 18.6 Å². The number of pyridine rings is 1. The summed E-state index contributed by atoms with van der Waals surface area (Å²) < 4.78 is 4.50. The number of aromatic nitrogens is 1. The van der Waals surface area contributed by atoms with Gasteiger partial charge in [0.25, 0.3) is 0 Å². The van der Waals surface area contributed by atoms with Gasteiger partial charge >= 0.3 is 5.97 Å². The smallest absolute Gasteiger partial charge is 0.305 e. The van der Waals surface area contributed by atoms with E-state index >= 15 is 0 Å². The molecule has 5 nitrogen and oxygen atoms in total. The molecule has 0 spiro atoms. The molecule has 98 valence electrons. The standard InChI is InChI=1S/C12H15ClN2O3/c1-15(10-7-6-9(13)8-14-10)11(16)4-3-5-12(17)18-2/h6-8H,3-5H2,1-2H3. The molecule has 1 aromatic heterocycles. The Bertz CT molecular complexity index is 420. The second-order valence-corrected chi connectivity index (χ2v) is 4.15. The molecule has 0 fully saturated rings. The maximum atomic E-state index is 11.8. The van der Waals surface area contributed by atoms with E-state index < -0.39 is 0 Å². The van der Waals surface area contributed by atoms with E-state index in [0.29, 0.717) is 17.3 Å². The Hall–Kier alpha value is -1.62. The van der Waals surface area contributed by atoms with E-state index in [0.717, 1.165) is 0 Å². The van der Waals surface area contributed by atoms with Gasteiger partial charge in [0.15, 0.2) is 0 Å². The van der Waals surface area contributed by atoms with E-state index in [2.05, 4.69) is 9.72 Å². The van der Waals surface area contributed by atoms with Crippen molar-refractivity contribution in [3.63, 3.8) is 0 Å². The van der Waals surface area contributed by atoms with Crippen LogP contribution in [0.1, 0.15) is 19.3 Å². The lowest BCUT2D eigenvalue weighted by Crippen LogP contribution is -2.26. The topological polar surface area (TPSA) is 59.5 Å². The van der Waals surface area contributed by atoms with Gasteiger partial charge in [-0.15, -0.1) is 0 Å². The van der Waals surface area contributed by atoms with Gasteiger partial charge in [0.2, 0.25) is 5.91 Å². The summed E-state index contributed by atoms with van der Waals surface area (Å²) in [5.74, 6) is 0.117. The van der Waals surface area contributed by atoms with Gasteiger partial charge in [-0.25, -0.2) is 4.98 Å². The molecule has 0 saturated heterocycles. The van der Waals surface area contributed by atoms with E-state index in [-0.39, 0.29) is 24.7 Å². The SMILES string of the molecule is COC(=O)CCCC(=O)N(C)c1ccc(Cl)cn1. The molecule has 6 heteroatoms. The second-order valence-electron chi connectivity index (χ2n) is 3.72. The first-order valence-electron chi connectivity index (χ1n) is 5.49. The highest BCUT2D eigenvalue weighted by Crippen LogP contribution is 2.14. The minimum Gasteiger partial charge on any atom is -0.469 e. The number of hydrogen-bond acceptors (Lipinski definition) is 4. The molecule has 0 N–H and O–H groups in total. The Labute approximate surface area is 111 Å². The number of ether oxygens (including phenoxy) is 1. The van der Waals surface area contributed by atoms with Gasteiger partial charge in [0, 0.05) is 26.1 Å². The zero-order valence-electron chi connectivity index (χ0n) is 10.4. The molecular weight excluding hydrogens is 256 g/mol. The molecule has 1 aromatic rings. The first-order chi connectivity index (χ1) is 8.54. The lowest BCUT2D eigenvalue weighted by molar-refractivity contribution is -0.140. The predicted octanol–water partition coefficient (Wildman–Crippen LogP) is 2.04. The van der Waals surface area contributed by atoms with Crippen LogP contribution >= 0.6 is 11.6 Å². The molecule has 0 radical (unpaired) electrons. The molecule has 0 atom stereocenters. The normalized spacial score (nSPS) is 9.94. The number of halogens is 1. The number of carbonyl (C=O) groups is 2. The number of hydrogen-bond donors (Lipinski definition) is 0. The number of amides is 1. The summed E-state index contributed by atoms with van der Waals surface area (Å²) in [5.41, 5.74) is 0. The highest BCUT2D eigenvalue weighted by atomic mass is 35.5. The highest BCUT2D eigenvalue weighted by Gasteiger charge is 2.12. The van der Waals surface area contributed by atoms with Gasteiger partial charge in [-0.1, -0.05) is 11.6 Å². The van der Waals surface area contributed by atoms with Crippen LogP contribution in [0.3, 0.4) is 0 Å². The van der Waals surface area contributed by atoms with Crippen molar-refractivity contribution in [3.05, 3.63) is 23.4 Å². The molecule has 1 amide bonds. The molecule has 0 bridgehead atoms. The third-order valence-corrected chi connectivity index (χ3v) is 2.65. The minimum atomic E-state index is -0.310. The van der Waals surface area contributed by atoms with Crippen LogP contribution in [0.2, 0.25) is 5.02 Å². The Kier molecular flexibility index (Phi) is 5.58. The molecule has 0 aliphatic rings. The second kappa shape index (κ2) is 6.96. The summed E-state index contributed by atoms with van der Waals surface area (Å²) in [6, 6.07) is 3.34. The van der Waals surface area contributed by atoms with Crippen molar-refractivity contribution >= 4 is 29.3 Å². The van der Waals surface area contributed by atoms with E-state index in [1.54, 1.807) is 19.2 Å². The van der Waals surface area contributed by atoms with Crippen molar-refractivity contribution in [2.24, 2.45) is 0 Å². The van der Waals surface area contributed by atoms with Crippen LogP contribution in [0.15, 0.2) is 18.3 Å². The summed E-state index contributed by atoms with van der Waals surface area (Å²) in [4.78, 5) is 28.2. The molecule has 0 aliphatic carbocycles. The first kappa shape index (κ1) is 14.4. The number of esters is 1. The Morgan fingerprint density at radius 3 is 2.67 bits per heavy atom. The summed E-state index contributed by atoms with van der Waals surface area (Å²) in [6.45, 7) is 0. The predicted molar refractivity (Wildman–Crippen MR) is 68.5 cm³/mol. The number of nitrogens with zero attached hydrogens (tertiary/aromatic N) is 2. The van der Waals surface area contributed by atoms with Crippen LogP contribution in [0.5, 0.6) is 0 Å². The number of carbonyl (C=O) groups excluding carboxylic acids is 2. The van der Waals surface area contributed by atoms with Gasteiger partial charge in [-0.3, -0.25) is 14.5 Å². The lowest BCUT2D eigenvalue weighted by Gasteiger charge is -2.15. The number of anilines is 1. The third kappa shape index (κ3) is 4.33. The molecule has 0 aromatic carbocycles. The fourth-order valence-corrected chi connectivity index (χ4v) is 1.46. The Morgan fingerprint density at radius 2 is 2.11 bits per heavy atom. The van der Waals surface area contributed by atoms with Gasteiger partial charge in [-0.2, -0.15) is 0 Å². The van der Waals surface area contributed by atoms with E-state index in [1.807, 2.05) is 0 Å². The van der Waals surface area contributed by atoms with Crippen LogP contribution < -0.4 is 4.90 Å². The van der Waals surface area contributed by atoms with E-state index in [1.165, 1.54) is 18.2 Å². The lowest BCUT2D eigenvalue weighted by atomic mass is 10.2. The van der Waals surface area contributed by atoms with Crippen LogP contribution in [0.4, 0.5) is 5.82 Å². The molecule has 1 rings (SSSR count). The van der Waals surface area contributed by atoms with Crippen molar-refractivity contribution in [1.29, 1.82) is 0 Å².